The van der Waals surface area contributed by atoms with E-state index in [4.69, 9.17) is 9.84 Å². The van der Waals surface area contributed by atoms with Gasteiger partial charge in [-0.15, -0.1) is 0 Å². The van der Waals surface area contributed by atoms with Crippen molar-refractivity contribution in [1.29, 1.82) is 0 Å². The number of ether oxygens (including phenoxy) is 1. The fraction of sp³-hybridized carbons (Fsp3) is 0.471. The Bertz CT molecular complexity index is 513. The van der Waals surface area contributed by atoms with Gasteiger partial charge in [-0.3, -0.25) is 4.79 Å². The van der Waals surface area contributed by atoms with Gasteiger partial charge in [0, 0.05) is 5.56 Å². The van der Waals surface area contributed by atoms with Gasteiger partial charge >= 0.3 is 5.97 Å². The van der Waals surface area contributed by atoms with Crippen LogP contribution in [0.5, 0.6) is 5.75 Å². The van der Waals surface area contributed by atoms with Gasteiger partial charge in [0.1, 0.15) is 5.75 Å². The molecule has 0 saturated heterocycles. The third-order valence-corrected chi connectivity index (χ3v) is 2.99. The van der Waals surface area contributed by atoms with Crippen LogP contribution in [0.4, 0.5) is 0 Å². The van der Waals surface area contributed by atoms with Crippen molar-refractivity contribution in [2.24, 2.45) is 5.92 Å². The molecule has 0 spiro atoms. The first kappa shape index (κ1) is 16.3. The van der Waals surface area contributed by atoms with Crippen LogP contribution in [0.25, 0.3) is 5.57 Å². The first-order valence-corrected chi connectivity index (χ1v) is 6.94. The molecule has 1 aromatic rings. The zero-order chi connectivity index (χ0) is 15.3. The second-order valence-corrected chi connectivity index (χ2v) is 5.65. The molecule has 0 heterocycles. The predicted molar refractivity (Wildman–Crippen MR) is 82.2 cm³/mol. The number of aryl methyl sites for hydroxylation is 2. The van der Waals surface area contributed by atoms with E-state index in [0.29, 0.717) is 12.5 Å². The Kier molecular flexibility index (Phi) is 5.81. The fourth-order valence-corrected chi connectivity index (χ4v) is 2.04. The summed E-state index contributed by atoms with van der Waals surface area (Å²) in [5.41, 5.74) is 4.17. The van der Waals surface area contributed by atoms with Crippen LogP contribution >= 0.6 is 0 Å². The largest absolute Gasteiger partial charge is 0.492 e. The molecule has 0 atom stereocenters. The molecule has 0 unspecified atom stereocenters. The Labute approximate surface area is 121 Å². The number of benzene rings is 1. The summed E-state index contributed by atoms with van der Waals surface area (Å²) in [6, 6.07) is 4.14. The lowest BCUT2D eigenvalue weighted by atomic mass is 9.99. The standard InChI is InChI=1S/C17H24O3/c1-11(2)10-20-17-14(5)8-12(3)9-15(17)13(4)6-7-16(18)19/h6,8-9,11H,7,10H2,1-5H3,(H,18,19)/b13-6+. The molecule has 0 bridgehead atoms. The molecule has 110 valence electrons. The molecule has 20 heavy (non-hydrogen) atoms. The number of carboxylic acid groups (broad SMARTS) is 1. The molecule has 3 heteroatoms. The Morgan fingerprint density at radius 2 is 2.00 bits per heavy atom. The van der Waals surface area contributed by atoms with Crippen LogP contribution in [0, 0.1) is 19.8 Å². The van der Waals surface area contributed by atoms with Crippen LogP contribution in [-0.2, 0) is 4.79 Å². The summed E-state index contributed by atoms with van der Waals surface area (Å²) >= 11 is 0. The average molecular weight is 276 g/mol. The molecule has 0 aliphatic rings. The van der Waals surface area contributed by atoms with Gasteiger partial charge in [0.25, 0.3) is 0 Å². The van der Waals surface area contributed by atoms with Crippen LogP contribution in [0.3, 0.4) is 0 Å². The number of allylic oxidation sites excluding steroid dienone is 1. The smallest absolute Gasteiger partial charge is 0.307 e. The van der Waals surface area contributed by atoms with Crippen molar-refractivity contribution in [3.63, 3.8) is 0 Å². The Morgan fingerprint density at radius 1 is 1.35 bits per heavy atom. The van der Waals surface area contributed by atoms with Crippen LogP contribution < -0.4 is 4.74 Å². The number of rotatable bonds is 6. The van der Waals surface area contributed by atoms with Crippen LogP contribution in [0.15, 0.2) is 18.2 Å². The lowest BCUT2D eigenvalue weighted by molar-refractivity contribution is -0.135. The lowest BCUT2D eigenvalue weighted by Crippen LogP contribution is -2.07. The minimum atomic E-state index is -0.821. The zero-order valence-corrected chi connectivity index (χ0v) is 13.0. The second-order valence-electron chi connectivity index (χ2n) is 5.65. The maximum atomic E-state index is 10.7. The molecule has 0 aromatic heterocycles. The topological polar surface area (TPSA) is 46.5 Å². The van der Waals surface area contributed by atoms with Crippen molar-refractivity contribution in [1.82, 2.24) is 0 Å². The highest BCUT2D eigenvalue weighted by Gasteiger charge is 2.11. The third-order valence-electron chi connectivity index (χ3n) is 2.99. The van der Waals surface area contributed by atoms with Crippen molar-refractivity contribution in [3.05, 3.63) is 34.9 Å². The molecule has 3 nitrogen and oxygen atoms in total. The van der Waals surface area contributed by atoms with Crippen LogP contribution in [0.2, 0.25) is 0 Å². The van der Waals surface area contributed by atoms with Gasteiger partial charge in [-0.1, -0.05) is 26.0 Å². The van der Waals surface area contributed by atoms with Crippen LogP contribution in [-0.4, -0.2) is 17.7 Å². The Morgan fingerprint density at radius 3 is 2.55 bits per heavy atom. The Hall–Kier alpha value is -1.77. The monoisotopic (exact) mass is 276 g/mol. The van der Waals surface area contributed by atoms with Gasteiger partial charge in [0.05, 0.1) is 13.0 Å². The molecule has 0 aliphatic carbocycles. The van der Waals surface area contributed by atoms with E-state index in [2.05, 4.69) is 26.0 Å². The number of aliphatic carboxylic acids is 1. The molecule has 0 saturated carbocycles. The maximum absolute atomic E-state index is 10.7. The number of hydrogen-bond donors (Lipinski definition) is 1. The van der Waals surface area contributed by atoms with Gasteiger partial charge in [0.15, 0.2) is 0 Å². The minimum Gasteiger partial charge on any atom is -0.492 e. The van der Waals surface area contributed by atoms with Crippen molar-refractivity contribution in [3.8, 4) is 5.75 Å². The first-order valence-electron chi connectivity index (χ1n) is 6.94. The quantitative estimate of drug-likeness (QED) is 0.846. The highest BCUT2D eigenvalue weighted by molar-refractivity contribution is 5.76. The molecular weight excluding hydrogens is 252 g/mol. The van der Waals surface area contributed by atoms with Gasteiger partial charge < -0.3 is 9.84 Å². The van der Waals surface area contributed by atoms with Crippen molar-refractivity contribution < 1.29 is 14.6 Å². The van der Waals surface area contributed by atoms with E-state index in [1.807, 2.05) is 20.8 Å². The summed E-state index contributed by atoms with van der Waals surface area (Å²) < 4.78 is 5.92. The molecule has 0 aliphatic heterocycles. The van der Waals surface area contributed by atoms with E-state index >= 15 is 0 Å². The highest BCUT2D eigenvalue weighted by atomic mass is 16.5. The number of carbonyl (C=O) groups is 1. The van der Waals surface area contributed by atoms with E-state index in [-0.39, 0.29) is 6.42 Å². The molecule has 1 aromatic carbocycles. The first-order chi connectivity index (χ1) is 9.31. The van der Waals surface area contributed by atoms with Crippen molar-refractivity contribution in [2.45, 2.75) is 41.0 Å². The second kappa shape index (κ2) is 7.13. The SMILES string of the molecule is C/C(=C\CC(=O)O)c1cc(C)cc(C)c1OCC(C)C. The summed E-state index contributed by atoms with van der Waals surface area (Å²) in [7, 11) is 0. The van der Waals surface area contributed by atoms with Gasteiger partial charge in [0.2, 0.25) is 0 Å². The molecule has 0 amide bonds. The molecular formula is C17H24O3. The summed E-state index contributed by atoms with van der Waals surface area (Å²) in [4.78, 5) is 10.7. The fourth-order valence-electron chi connectivity index (χ4n) is 2.04. The summed E-state index contributed by atoms with van der Waals surface area (Å²) in [6.07, 6.45) is 1.77. The van der Waals surface area contributed by atoms with Gasteiger partial charge in [-0.2, -0.15) is 0 Å². The Balaban J connectivity index is 3.14. The van der Waals surface area contributed by atoms with E-state index in [9.17, 15) is 4.79 Å². The summed E-state index contributed by atoms with van der Waals surface area (Å²) in [5.74, 6) is 0.494. The van der Waals surface area contributed by atoms with E-state index in [1.165, 1.54) is 0 Å². The van der Waals surface area contributed by atoms with E-state index in [1.54, 1.807) is 6.08 Å². The van der Waals surface area contributed by atoms with E-state index in [0.717, 1.165) is 28.0 Å². The third kappa shape index (κ3) is 4.72. The predicted octanol–water partition coefficient (Wildman–Crippen LogP) is 4.22. The summed E-state index contributed by atoms with van der Waals surface area (Å²) in [5, 5.41) is 8.79. The lowest BCUT2D eigenvalue weighted by Gasteiger charge is -2.17. The van der Waals surface area contributed by atoms with Gasteiger partial charge in [-0.05, 0) is 49.5 Å². The van der Waals surface area contributed by atoms with Gasteiger partial charge in [-0.25, -0.2) is 0 Å². The average Bonchev–Trinajstić information content (AvgIpc) is 2.33. The van der Waals surface area contributed by atoms with Crippen LogP contribution in [0.1, 0.15) is 43.9 Å². The van der Waals surface area contributed by atoms with E-state index < -0.39 is 5.97 Å². The maximum Gasteiger partial charge on any atom is 0.307 e. The van der Waals surface area contributed by atoms with Crippen molar-refractivity contribution in [2.75, 3.05) is 6.61 Å². The molecule has 1 rings (SSSR count). The number of carboxylic acids is 1. The normalized spacial score (nSPS) is 11.8. The van der Waals surface area contributed by atoms with Crippen molar-refractivity contribution >= 4 is 11.5 Å². The molecule has 0 radical (unpaired) electrons. The molecule has 0 fully saturated rings. The molecule has 1 N–H and O–H groups in total. The number of hydrogen-bond acceptors (Lipinski definition) is 2. The zero-order valence-electron chi connectivity index (χ0n) is 13.0. The summed E-state index contributed by atoms with van der Waals surface area (Å²) in [6.45, 7) is 10.9. The highest BCUT2D eigenvalue weighted by Crippen LogP contribution is 2.31. The minimum absolute atomic E-state index is 0.0302.